The zero-order valence-electron chi connectivity index (χ0n) is 9.11. The molecular weight excluding hydrogens is 196 g/mol. The van der Waals surface area contributed by atoms with Gasteiger partial charge in [-0.15, -0.1) is 0 Å². The molecule has 0 heterocycles. The summed E-state index contributed by atoms with van der Waals surface area (Å²) in [6.45, 7) is 1.41. The van der Waals surface area contributed by atoms with Gasteiger partial charge in [0.1, 0.15) is 6.04 Å². The molecule has 90 valence electrons. The van der Waals surface area contributed by atoms with Gasteiger partial charge in [0.25, 0.3) is 0 Å². The Morgan fingerprint density at radius 1 is 1.27 bits per heavy atom. The maximum atomic E-state index is 10.8. The fraction of sp³-hybridized carbons (Fsp3) is 0.900. The van der Waals surface area contributed by atoms with Crippen molar-refractivity contribution >= 4 is 5.97 Å². The average molecular weight is 218 g/mol. The summed E-state index contributed by atoms with van der Waals surface area (Å²) in [5.74, 6) is -0.809. The van der Waals surface area contributed by atoms with Gasteiger partial charge >= 0.3 is 5.97 Å². The third kappa shape index (κ3) is 8.35. The number of rotatable bonds is 10. The Balaban J connectivity index is 3.59. The number of hydrogen-bond donors (Lipinski definition) is 4. The number of aliphatic hydroxyl groups excluding tert-OH is 1. The molecule has 0 rings (SSSR count). The molecule has 5 nitrogen and oxygen atoms in total. The lowest BCUT2D eigenvalue weighted by Gasteiger charge is -2.13. The second kappa shape index (κ2) is 9.89. The summed E-state index contributed by atoms with van der Waals surface area (Å²) < 4.78 is 0. The van der Waals surface area contributed by atoms with Gasteiger partial charge in [-0.2, -0.15) is 0 Å². The van der Waals surface area contributed by atoms with Gasteiger partial charge in [-0.3, -0.25) is 4.79 Å². The van der Waals surface area contributed by atoms with Crippen LogP contribution in [0.2, 0.25) is 0 Å². The number of aliphatic carboxylic acids is 1. The number of hydrogen-bond acceptors (Lipinski definition) is 4. The standard InChI is InChI=1S/C10H22N2O3/c11-6-2-1-5-9(10(14)15)12-7-3-4-8-13/h9,12-13H,1-8,11H2,(H,14,15). The second-order valence-electron chi connectivity index (χ2n) is 3.56. The Morgan fingerprint density at radius 2 is 2.00 bits per heavy atom. The molecular formula is C10H22N2O3. The summed E-state index contributed by atoms with van der Waals surface area (Å²) in [5, 5.41) is 20.4. The maximum absolute atomic E-state index is 10.8. The zero-order chi connectivity index (χ0) is 11.5. The van der Waals surface area contributed by atoms with E-state index in [0.717, 1.165) is 19.3 Å². The highest BCUT2D eigenvalue weighted by molar-refractivity contribution is 5.73. The molecule has 15 heavy (non-hydrogen) atoms. The minimum Gasteiger partial charge on any atom is -0.480 e. The van der Waals surface area contributed by atoms with E-state index in [-0.39, 0.29) is 6.61 Å². The SMILES string of the molecule is NCCCCC(NCCCCO)C(=O)O. The lowest BCUT2D eigenvalue weighted by Crippen LogP contribution is -2.37. The van der Waals surface area contributed by atoms with Crippen molar-refractivity contribution in [1.82, 2.24) is 5.32 Å². The van der Waals surface area contributed by atoms with Gasteiger partial charge in [0.2, 0.25) is 0 Å². The molecule has 0 spiro atoms. The van der Waals surface area contributed by atoms with E-state index < -0.39 is 12.0 Å². The predicted molar refractivity (Wildman–Crippen MR) is 58.7 cm³/mol. The zero-order valence-corrected chi connectivity index (χ0v) is 9.11. The monoisotopic (exact) mass is 218 g/mol. The van der Waals surface area contributed by atoms with Crippen LogP contribution in [-0.2, 0) is 4.79 Å². The second-order valence-corrected chi connectivity index (χ2v) is 3.56. The van der Waals surface area contributed by atoms with Crippen LogP contribution in [0.1, 0.15) is 32.1 Å². The Morgan fingerprint density at radius 3 is 2.53 bits per heavy atom. The minimum atomic E-state index is -0.809. The molecule has 0 amide bonds. The predicted octanol–water partition coefficient (Wildman–Crippen LogP) is -0.0693. The Kier molecular flexibility index (Phi) is 9.46. The molecule has 0 aromatic heterocycles. The third-order valence-electron chi connectivity index (χ3n) is 2.22. The normalized spacial score (nSPS) is 12.7. The van der Waals surface area contributed by atoms with E-state index in [1.165, 1.54) is 0 Å². The van der Waals surface area contributed by atoms with Gasteiger partial charge in [0.15, 0.2) is 0 Å². The number of carboxylic acids is 1. The van der Waals surface area contributed by atoms with E-state index in [9.17, 15) is 4.79 Å². The first-order valence-corrected chi connectivity index (χ1v) is 5.49. The van der Waals surface area contributed by atoms with Gasteiger partial charge in [0, 0.05) is 6.61 Å². The van der Waals surface area contributed by atoms with Crippen molar-refractivity contribution in [2.75, 3.05) is 19.7 Å². The summed E-state index contributed by atoms with van der Waals surface area (Å²) in [6, 6.07) is -0.477. The van der Waals surface area contributed by atoms with E-state index in [0.29, 0.717) is 25.9 Å². The summed E-state index contributed by atoms with van der Waals surface area (Å²) in [6.07, 6.45) is 3.83. The summed E-state index contributed by atoms with van der Waals surface area (Å²) in [4.78, 5) is 10.8. The first kappa shape index (κ1) is 14.3. The van der Waals surface area contributed by atoms with Crippen molar-refractivity contribution < 1.29 is 15.0 Å². The molecule has 0 radical (unpaired) electrons. The highest BCUT2D eigenvalue weighted by Crippen LogP contribution is 2.01. The number of aliphatic hydroxyl groups is 1. The summed E-state index contributed by atoms with van der Waals surface area (Å²) in [5.41, 5.74) is 5.33. The van der Waals surface area contributed by atoms with Crippen LogP contribution in [-0.4, -0.2) is 41.9 Å². The van der Waals surface area contributed by atoms with Crippen LogP contribution in [0.25, 0.3) is 0 Å². The van der Waals surface area contributed by atoms with Crippen LogP contribution in [0.5, 0.6) is 0 Å². The van der Waals surface area contributed by atoms with Crippen LogP contribution in [0, 0.1) is 0 Å². The average Bonchev–Trinajstić information content (AvgIpc) is 2.21. The van der Waals surface area contributed by atoms with Crippen LogP contribution < -0.4 is 11.1 Å². The number of unbranched alkanes of at least 4 members (excludes halogenated alkanes) is 2. The number of nitrogens with two attached hydrogens (primary N) is 1. The van der Waals surface area contributed by atoms with Crippen molar-refractivity contribution in [3.05, 3.63) is 0 Å². The summed E-state index contributed by atoms with van der Waals surface area (Å²) in [7, 11) is 0. The summed E-state index contributed by atoms with van der Waals surface area (Å²) >= 11 is 0. The lowest BCUT2D eigenvalue weighted by atomic mass is 10.1. The van der Waals surface area contributed by atoms with Gasteiger partial charge in [-0.05, 0) is 38.8 Å². The molecule has 1 unspecified atom stereocenters. The molecule has 0 fully saturated rings. The highest BCUT2D eigenvalue weighted by atomic mass is 16.4. The smallest absolute Gasteiger partial charge is 0.320 e. The van der Waals surface area contributed by atoms with E-state index >= 15 is 0 Å². The van der Waals surface area contributed by atoms with Gasteiger partial charge < -0.3 is 21.3 Å². The molecule has 0 aliphatic carbocycles. The molecule has 0 aliphatic heterocycles. The molecule has 0 bridgehead atoms. The Hall–Kier alpha value is -0.650. The molecule has 5 N–H and O–H groups in total. The third-order valence-corrected chi connectivity index (χ3v) is 2.22. The van der Waals surface area contributed by atoms with Crippen LogP contribution >= 0.6 is 0 Å². The van der Waals surface area contributed by atoms with Crippen LogP contribution in [0.3, 0.4) is 0 Å². The van der Waals surface area contributed by atoms with Crippen molar-refractivity contribution in [3.8, 4) is 0 Å². The van der Waals surface area contributed by atoms with Gasteiger partial charge in [-0.1, -0.05) is 6.42 Å². The quantitative estimate of drug-likeness (QED) is 0.385. The number of carboxylic acid groups (broad SMARTS) is 1. The van der Waals surface area contributed by atoms with E-state index in [4.69, 9.17) is 15.9 Å². The maximum Gasteiger partial charge on any atom is 0.320 e. The van der Waals surface area contributed by atoms with Crippen molar-refractivity contribution in [2.24, 2.45) is 5.73 Å². The largest absolute Gasteiger partial charge is 0.480 e. The van der Waals surface area contributed by atoms with Crippen molar-refractivity contribution in [1.29, 1.82) is 0 Å². The molecule has 0 saturated heterocycles. The fourth-order valence-corrected chi connectivity index (χ4v) is 1.32. The molecule has 0 aromatic rings. The van der Waals surface area contributed by atoms with Crippen LogP contribution in [0.15, 0.2) is 0 Å². The molecule has 1 atom stereocenters. The first-order chi connectivity index (χ1) is 7.22. The Labute approximate surface area is 90.7 Å². The molecule has 0 aromatic carbocycles. The molecule has 0 aliphatic rings. The van der Waals surface area contributed by atoms with Crippen molar-refractivity contribution in [2.45, 2.75) is 38.1 Å². The molecule has 5 heteroatoms. The number of nitrogens with one attached hydrogen (secondary N) is 1. The first-order valence-electron chi connectivity index (χ1n) is 5.49. The topological polar surface area (TPSA) is 95.6 Å². The van der Waals surface area contributed by atoms with Gasteiger partial charge in [-0.25, -0.2) is 0 Å². The highest BCUT2D eigenvalue weighted by Gasteiger charge is 2.15. The fourth-order valence-electron chi connectivity index (χ4n) is 1.32. The lowest BCUT2D eigenvalue weighted by molar-refractivity contribution is -0.139. The Bertz CT molecular complexity index is 165. The van der Waals surface area contributed by atoms with E-state index in [1.54, 1.807) is 0 Å². The van der Waals surface area contributed by atoms with Crippen LogP contribution in [0.4, 0.5) is 0 Å². The number of carbonyl (C=O) groups is 1. The molecule has 0 saturated carbocycles. The van der Waals surface area contributed by atoms with Gasteiger partial charge in [0.05, 0.1) is 0 Å². The van der Waals surface area contributed by atoms with Crippen molar-refractivity contribution in [3.63, 3.8) is 0 Å². The van der Waals surface area contributed by atoms with E-state index in [1.807, 2.05) is 0 Å². The van der Waals surface area contributed by atoms with E-state index in [2.05, 4.69) is 5.32 Å². The minimum absolute atomic E-state index is 0.159.